The van der Waals surface area contributed by atoms with Gasteiger partial charge in [-0.2, -0.15) is 0 Å². The first-order chi connectivity index (χ1) is 11.4. The fourth-order valence-electron chi connectivity index (χ4n) is 3.15. The molecule has 23 heavy (non-hydrogen) atoms. The van der Waals surface area contributed by atoms with Crippen LogP contribution >= 0.6 is 15.9 Å². The van der Waals surface area contributed by atoms with E-state index < -0.39 is 0 Å². The van der Waals surface area contributed by atoms with Gasteiger partial charge in [-0.1, -0.05) is 80.6 Å². The normalized spacial score (nSPS) is 13.9. The van der Waals surface area contributed by atoms with Crippen molar-refractivity contribution < 1.29 is 4.74 Å². The van der Waals surface area contributed by atoms with Crippen molar-refractivity contribution in [3.63, 3.8) is 0 Å². The highest BCUT2D eigenvalue weighted by atomic mass is 79.9. The number of hydrogen-bond acceptors (Lipinski definition) is 1. The van der Waals surface area contributed by atoms with Crippen molar-refractivity contribution in [1.82, 2.24) is 0 Å². The second-order valence-electron chi connectivity index (χ2n) is 7.06. The average molecular weight is 387 g/mol. The van der Waals surface area contributed by atoms with Gasteiger partial charge in [-0.15, -0.1) is 0 Å². The largest absolute Gasteiger partial charge is 0.498 e. The van der Waals surface area contributed by atoms with E-state index in [4.69, 9.17) is 4.74 Å². The van der Waals surface area contributed by atoms with Gasteiger partial charge in [-0.25, -0.2) is 0 Å². The van der Waals surface area contributed by atoms with Crippen molar-refractivity contribution in [3.8, 4) is 0 Å². The van der Waals surface area contributed by atoms with Crippen molar-refractivity contribution in [2.75, 3.05) is 11.9 Å². The van der Waals surface area contributed by atoms with Crippen LogP contribution in [0.1, 0.15) is 110 Å². The van der Waals surface area contributed by atoms with Crippen LogP contribution in [-0.2, 0) is 4.74 Å². The molecule has 2 heteroatoms. The quantitative estimate of drug-likeness (QED) is 0.148. The van der Waals surface area contributed by atoms with Crippen LogP contribution < -0.4 is 0 Å². The fourth-order valence-corrected chi connectivity index (χ4v) is 3.54. The van der Waals surface area contributed by atoms with Crippen molar-refractivity contribution in [2.24, 2.45) is 0 Å². The summed E-state index contributed by atoms with van der Waals surface area (Å²) in [7, 11) is 0. The first kappa shape index (κ1) is 21.1. The lowest BCUT2D eigenvalue weighted by Crippen LogP contribution is -2.06. The average Bonchev–Trinajstić information content (AvgIpc) is 2.51. The van der Waals surface area contributed by atoms with E-state index >= 15 is 0 Å². The molecule has 1 aliphatic carbocycles. The lowest BCUT2D eigenvalue weighted by atomic mass is 9.90. The molecule has 1 rings (SSSR count). The Balaban J connectivity index is 2.04. The summed E-state index contributed by atoms with van der Waals surface area (Å²) in [5.74, 6) is 1.38. The molecular weight excluding hydrogens is 348 g/mol. The maximum atomic E-state index is 6.17. The molecule has 136 valence electrons. The van der Waals surface area contributed by atoms with Gasteiger partial charge in [-0.05, 0) is 44.1 Å². The van der Waals surface area contributed by atoms with Crippen LogP contribution in [0, 0.1) is 0 Å². The standard InChI is InChI=1S/C21H39BrO/c1-2-3-4-5-6-10-13-19-23-21(20-15-14-16-20)17-11-8-7-9-12-18-22/h2-19H2,1H3. The minimum atomic E-state index is 0.955. The van der Waals surface area contributed by atoms with Gasteiger partial charge in [0.15, 0.2) is 0 Å². The van der Waals surface area contributed by atoms with Crippen molar-refractivity contribution in [2.45, 2.75) is 110 Å². The number of allylic oxidation sites excluding steroid dienone is 2. The van der Waals surface area contributed by atoms with Crippen LogP contribution in [0.3, 0.4) is 0 Å². The highest BCUT2D eigenvalue weighted by molar-refractivity contribution is 9.09. The first-order valence-corrected chi connectivity index (χ1v) is 11.4. The molecule has 0 N–H and O–H groups in total. The molecule has 0 unspecified atom stereocenters. The van der Waals surface area contributed by atoms with Crippen molar-refractivity contribution in [3.05, 3.63) is 11.3 Å². The van der Waals surface area contributed by atoms with Gasteiger partial charge in [0.2, 0.25) is 0 Å². The fraction of sp³-hybridized carbons (Fsp3) is 0.905. The molecule has 0 spiro atoms. The SMILES string of the molecule is CCCCCCCCCOC(CCCCCCCBr)=C1CCC1. The molecule has 1 nitrogen and oxygen atoms in total. The highest BCUT2D eigenvalue weighted by Gasteiger charge is 2.15. The zero-order chi connectivity index (χ0) is 16.6. The van der Waals surface area contributed by atoms with Crippen LogP contribution in [0.15, 0.2) is 11.3 Å². The molecule has 0 heterocycles. The Hall–Kier alpha value is 0.0200. The Morgan fingerprint density at radius 2 is 1.43 bits per heavy atom. The van der Waals surface area contributed by atoms with Crippen LogP contribution in [0.25, 0.3) is 0 Å². The summed E-state index contributed by atoms with van der Waals surface area (Å²) in [5.41, 5.74) is 1.63. The molecule has 0 aromatic heterocycles. The monoisotopic (exact) mass is 386 g/mol. The maximum Gasteiger partial charge on any atom is 0.0951 e. The molecule has 0 bridgehead atoms. The minimum Gasteiger partial charge on any atom is -0.498 e. The number of unbranched alkanes of at least 4 members (excludes halogenated alkanes) is 10. The molecule has 0 aliphatic heterocycles. The molecule has 0 atom stereocenters. The summed E-state index contributed by atoms with van der Waals surface area (Å²) in [6, 6.07) is 0. The number of ether oxygens (including phenoxy) is 1. The van der Waals surface area contributed by atoms with Gasteiger partial charge in [-0.3, -0.25) is 0 Å². The topological polar surface area (TPSA) is 9.23 Å². The van der Waals surface area contributed by atoms with E-state index in [1.54, 1.807) is 5.57 Å². The number of halogens is 1. The van der Waals surface area contributed by atoms with E-state index in [9.17, 15) is 0 Å². The van der Waals surface area contributed by atoms with Gasteiger partial charge < -0.3 is 4.74 Å². The summed E-state index contributed by atoms with van der Waals surface area (Å²) in [4.78, 5) is 0. The van der Waals surface area contributed by atoms with Gasteiger partial charge in [0.1, 0.15) is 0 Å². The Kier molecular flexibility index (Phi) is 14.2. The van der Waals surface area contributed by atoms with Gasteiger partial charge in [0, 0.05) is 11.8 Å². The second kappa shape index (κ2) is 15.5. The zero-order valence-electron chi connectivity index (χ0n) is 15.5. The van der Waals surface area contributed by atoms with Crippen molar-refractivity contribution in [1.29, 1.82) is 0 Å². The van der Waals surface area contributed by atoms with E-state index in [1.807, 2.05) is 0 Å². The Labute approximate surface area is 153 Å². The zero-order valence-corrected chi connectivity index (χ0v) is 17.1. The number of hydrogen-bond donors (Lipinski definition) is 0. The van der Waals surface area contributed by atoms with Crippen LogP contribution in [0.4, 0.5) is 0 Å². The van der Waals surface area contributed by atoms with E-state index in [2.05, 4.69) is 22.9 Å². The van der Waals surface area contributed by atoms with Gasteiger partial charge >= 0.3 is 0 Å². The van der Waals surface area contributed by atoms with Gasteiger partial charge in [0.25, 0.3) is 0 Å². The summed E-state index contributed by atoms with van der Waals surface area (Å²) >= 11 is 3.51. The van der Waals surface area contributed by atoms with Gasteiger partial charge in [0.05, 0.1) is 12.4 Å². The predicted octanol–water partition coefficient (Wildman–Crippen LogP) is 7.93. The van der Waals surface area contributed by atoms with E-state index in [0.29, 0.717) is 0 Å². The summed E-state index contributed by atoms with van der Waals surface area (Å²) in [5, 5.41) is 1.16. The third-order valence-electron chi connectivity index (χ3n) is 4.91. The van der Waals surface area contributed by atoms with E-state index in [1.165, 1.54) is 108 Å². The second-order valence-corrected chi connectivity index (χ2v) is 7.85. The third-order valence-corrected chi connectivity index (χ3v) is 5.47. The smallest absolute Gasteiger partial charge is 0.0951 e. The van der Waals surface area contributed by atoms with Crippen LogP contribution in [0.2, 0.25) is 0 Å². The molecule has 0 radical (unpaired) electrons. The lowest BCUT2D eigenvalue weighted by Gasteiger charge is -2.22. The summed E-state index contributed by atoms with van der Waals surface area (Å²) in [6.07, 6.45) is 21.5. The first-order valence-electron chi connectivity index (χ1n) is 10.3. The maximum absolute atomic E-state index is 6.17. The van der Waals surface area contributed by atoms with Crippen LogP contribution in [-0.4, -0.2) is 11.9 Å². The molecular formula is C21H39BrO. The Bertz CT molecular complexity index is 292. The third kappa shape index (κ3) is 11.2. The molecule has 0 aromatic rings. The summed E-state index contributed by atoms with van der Waals surface area (Å²) < 4.78 is 6.17. The van der Waals surface area contributed by atoms with Crippen LogP contribution in [0.5, 0.6) is 0 Å². The highest BCUT2D eigenvalue weighted by Crippen LogP contribution is 2.31. The summed E-state index contributed by atoms with van der Waals surface area (Å²) in [6.45, 7) is 3.24. The predicted molar refractivity (Wildman–Crippen MR) is 106 cm³/mol. The molecule has 1 fully saturated rings. The Morgan fingerprint density at radius 1 is 0.826 bits per heavy atom. The lowest BCUT2D eigenvalue weighted by molar-refractivity contribution is 0.185. The van der Waals surface area contributed by atoms with Crippen molar-refractivity contribution >= 4 is 15.9 Å². The Morgan fingerprint density at radius 3 is 2.04 bits per heavy atom. The molecule has 0 aromatic carbocycles. The molecule has 1 saturated carbocycles. The minimum absolute atomic E-state index is 0.955. The molecule has 0 saturated heterocycles. The molecule has 0 amide bonds. The number of alkyl halides is 1. The number of rotatable bonds is 16. The molecule has 1 aliphatic rings. The van der Waals surface area contributed by atoms with E-state index in [0.717, 1.165) is 11.9 Å². The van der Waals surface area contributed by atoms with E-state index in [-0.39, 0.29) is 0 Å².